The molecule has 3 unspecified atom stereocenters. The van der Waals surface area contributed by atoms with E-state index in [1.54, 1.807) is 0 Å². The van der Waals surface area contributed by atoms with E-state index in [4.69, 9.17) is 0 Å². The Bertz CT molecular complexity index is 189. The van der Waals surface area contributed by atoms with Crippen LogP contribution < -0.4 is 0 Å². The lowest BCUT2D eigenvalue weighted by Crippen LogP contribution is -2.43. The zero-order valence-electron chi connectivity index (χ0n) is 10.2. The molecule has 1 N–H and O–H groups in total. The molecule has 3 atom stereocenters. The Hall–Kier alpha value is -0.0800. The molecule has 0 radical (unpaired) electrons. The van der Waals surface area contributed by atoms with Crippen LogP contribution in [0.1, 0.15) is 34.1 Å². The van der Waals surface area contributed by atoms with Crippen molar-refractivity contribution in [1.29, 1.82) is 0 Å². The van der Waals surface area contributed by atoms with Crippen molar-refractivity contribution in [3.8, 4) is 0 Å². The quantitative estimate of drug-likeness (QED) is 0.732. The molecule has 0 bridgehead atoms. The van der Waals surface area contributed by atoms with Crippen LogP contribution in [-0.2, 0) is 0 Å². The summed E-state index contributed by atoms with van der Waals surface area (Å²) in [6.07, 6.45) is 1.37. The molecule has 0 aromatic heterocycles. The van der Waals surface area contributed by atoms with Gasteiger partial charge in [-0.2, -0.15) is 0 Å². The molecule has 0 aromatic carbocycles. The highest BCUT2D eigenvalue weighted by molar-refractivity contribution is 4.87. The summed E-state index contributed by atoms with van der Waals surface area (Å²) in [5.41, 5.74) is -0.549. The molecule has 14 heavy (non-hydrogen) atoms. The van der Waals surface area contributed by atoms with Crippen LogP contribution in [0.3, 0.4) is 0 Å². The Balaban J connectivity index is 2.28. The largest absolute Gasteiger partial charge is 0.389 e. The molecule has 0 saturated heterocycles. The lowest BCUT2D eigenvalue weighted by molar-refractivity contribution is -0.0140. The number of hydrogen-bond donors (Lipinski definition) is 1. The first-order valence-electron chi connectivity index (χ1n) is 5.74. The zero-order valence-corrected chi connectivity index (χ0v) is 10.2. The van der Waals surface area contributed by atoms with Gasteiger partial charge < -0.3 is 10.0 Å². The number of aliphatic hydroxyl groups is 1. The third-order valence-electron chi connectivity index (χ3n) is 3.66. The molecular formula is C12H25NO. The molecule has 1 rings (SSSR count). The third-order valence-corrected chi connectivity index (χ3v) is 3.66. The Kier molecular flexibility index (Phi) is 3.59. The smallest absolute Gasteiger partial charge is 0.0768 e. The van der Waals surface area contributed by atoms with Crippen molar-refractivity contribution in [2.45, 2.75) is 39.7 Å². The van der Waals surface area contributed by atoms with Gasteiger partial charge in [-0.15, -0.1) is 0 Å². The lowest BCUT2D eigenvalue weighted by Gasteiger charge is -2.32. The van der Waals surface area contributed by atoms with E-state index in [1.807, 2.05) is 6.92 Å². The van der Waals surface area contributed by atoms with Gasteiger partial charge in [0.05, 0.1) is 5.60 Å². The molecule has 0 heterocycles. The summed E-state index contributed by atoms with van der Waals surface area (Å²) in [6, 6.07) is 0. The minimum absolute atomic E-state index is 0.321. The maximum absolute atomic E-state index is 10.1. The third kappa shape index (κ3) is 3.25. The van der Waals surface area contributed by atoms with Crippen LogP contribution in [0.5, 0.6) is 0 Å². The zero-order chi connectivity index (χ0) is 10.9. The number of rotatable bonds is 5. The maximum atomic E-state index is 10.1. The van der Waals surface area contributed by atoms with Crippen molar-refractivity contribution < 1.29 is 5.11 Å². The molecule has 2 nitrogen and oxygen atoms in total. The van der Waals surface area contributed by atoms with Crippen LogP contribution in [0, 0.1) is 17.8 Å². The van der Waals surface area contributed by atoms with E-state index in [0.29, 0.717) is 5.92 Å². The van der Waals surface area contributed by atoms with E-state index < -0.39 is 5.60 Å². The summed E-state index contributed by atoms with van der Waals surface area (Å²) in [7, 11) is 2.11. The second-order valence-corrected chi connectivity index (χ2v) is 5.68. The summed E-state index contributed by atoms with van der Waals surface area (Å²) in [4.78, 5) is 2.27. The van der Waals surface area contributed by atoms with Crippen molar-refractivity contribution in [3.63, 3.8) is 0 Å². The van der Waals surface area contributed by atoms with Crippen LogP contribution in [-0.4, -0.2) is 35.7 Å². The van der Waals surface area contributed by atoms with Crippen molar-refractivity contribution in [1.82, 2.24) is 4.90 Å². The minimum Gasteiger partial charge on any atom is -0.389 e. The van der Waals surface area contributed by atoms with Gasteiger partial charge in [-0.25, -0.2) is 0 Å². The van der Waals surface area contributed by atoms with Crippen molar-refractivity contribution in [3.05, 3.63) is 0 Å². The van der Waals surface area contributed by atoms with Gasteiger partial charge in [-0.1, -0.05) is 20.8 Å². The van der Waals surface area contributed by atoms with Gasteiger partial charge in [0.2, 0.25) is 0 Å². The fourth-order valence-electron chi connectivity index (χ4n) is 1.85. The normalized spacial score (nSPS) is 30.9. The molecule has 0 amide bonds. The SMILES string of the molecule is CC1CC1CN(C)CC(C)(O)C(C)C. The topological polar surface area (TPSA) is 23.5 Å². The molecule has 1 fully saturated rings. The molecule has 84 valence electrons. The highest BCUT2D eigenvalue weighted by atomic mass is 16.3. The van der Waals surface area contributed by atoms with Crippen LogP contribution in [0.4, 0.5) is 0 Å². The van der Waals surface area contributed by atoms with Gasteiger partial charge >= 0.3 is 0 Å². The van der Waals surface area contributed by atoms with Crippen LogP contribution in [0.2, 0.25) is 0 Å². The van der Waals surface area contributed by atoms with E-state index in [9.17, 15) is 5.11 Å². The summed E-state index contributed by atoms with van der Waals surface area (Å²) >= 11 is 0. The molecule has 1 aliphatic rings. The van der Waals surface area contributed by atoms with E-state index in [-0.39, 0.29) is 0 Å². The van der Waals surface area contributed by atoms with E-state index in [1.165, 1.54) is 6.42 Å². The number of likely N-dealkylation sites (N-methyl/N-ethyl adjacent to an activating group) is 1. The number of hydrogen-bond acceptors (Lipinski definition) is 2. The molecule has 1 aliphatic carbocycles. The van der Waals surface area contributed by atoms with Crippen LogP contribution in [0.15, 0.2) is 0 Å². The molecule has 0 spiro atoms. The summed E-state index contributed by atoms with van der Waals surface area (Å²) in [5, 5.41) is 10.1. The minimum atomic E-state index is -0.549. The van der Waals surface area contributed by atoms with Crippen LogP contribution in [0.25, 0.3) is 0 Å². The van der Waals surface area contributed by atoms with Crippen molar-refractivity contribution in [2.24, 2.45) is 17.8 Å². The predicted molar refractivity (Wildman–Crippen MR) is 60.2 cm³/mol. The summed E-state index contributed by atoms with van der Waals surface area (Å²) in [6.45, 7) is 10.3. The Labute approximate surface area is 88.3 Å². The lowest BCUT2D eigenvalue weighted by atomic mass is 9.92. The standard InChI is InChI=1S/C12H25NO/c1-9(2)12(4,14)8-13(5)7-11-6-10(11)3/h9-11,14H,6-8H2,1-5H3. The Morgan fingerprint density at radius 2 is 2.00 bits per heavy atom. The predicted octanol–water partition coefficient (Wildman–Crippen LogP) is 1.98. The van der Waals surface area contributed by atoms with Crippen molar-refractivity contribution in [2.75, 3.05) is 20.1 Å². The fourth-order valence-corrected chi connectivity index (χ4v) is 1.85. The second kappa shape index (κ2) is 4.19. The molecular weight excluding hydrogens is 174 g/mol. The van der Waals surface area contributed by atoms with E-state index in [0.717, 1.165) is 24.9 Å². The average molecular weight is 199 g/mol. The highest BCUT2D eigenvalue weighted by Gasteiger charge is 2.35. The molecule has 2 heteroatoms. The van der Waals surface area contributed by atoms with Crippen molar-refractivity contribution >= 4 is 0 Å². The first kappa shape index (κ1) is 12.0. The van der Waals surface area contributed by atoms with Gasteiger partial charge in [0, 0.05) is 13.1 Å². The highest BCUT2D eigenvalue weighted by Crippen LogP contribution is 2.38. The van der Waals surface area contributed by atoms with E-state index >= 15 is 0 Å². The average Bonchev–Trinajstić information content (AvgIpc) is 2.64. The first-order valence-corrected chi connectivity index (χ1v) is 5.74. The van der Waals surface area contributed by atoms with Gasteiger partial charge in [0.25, 0.3) is 0 Å². The Morgan fingerprint density at radius 1 is 1.50 bits per heavy atom. The monoisotopic (exact) mass is 199 g/mol. The number of nitrogens with zero attached hydrogens (tertiary/aromatic N) is 1. The van der Waals surface area contributed by atoms with Crippen LogP contribution >= 0.6 is 0 Å². The molecule has 0 aliphatic heterocycles. The van der Waals surface area contributed by atoms with Gasteiger partial charge in [0.15, 0.2) is 0 Å². The first-order chi connectivity index (χ1) is 6.33. The Morgan fingerprint density at radius 3 is 2.36 bits per heavy atom. The molecule has 1 saturated carbocycles. The summed E-state index contributed by atoms with van der Waals surface area (Å²) < 4.78 is 0. The maximum Gasteiger partial charge on any atom is 0.0768 e. The summed E-state index contributed by atoms with van der Waals surface area (Å²) in [5.74, 6) is 2.10. The van der Waals surface area contributed by atoms with Gasteiger partial charge in [-0.05, 0) is 38.1 Å². The fraction of sp³-hybridized carbons (Fsp3) is 1.00. The van der Waals surface area contributed by atoms with Gasteiger partial charge in [-0.3, -0.25) is 0 Å². The molecule has 0 aromatic rings. The second-order valence-electron chi connectivity index (χ2n) is 5.68. The van der Waals surface area contributed by atoms with Gasteiger partial charge in [0.1, 0.15) is 0 Å². The van der Waals surface area contributed by atoms with E-state index in [2.05, 4.69) is 32.7 Å².